The van der Waals surface area contributed by atoms with E-state index >= 15 is 0 Å². The lowest BCUT2D eigenvalue weighted by Crippen LogP contribution is -2.26. The number of fused-ring (bicyclic) bond motifs is 1. The molecule has 0 saturated heterocycles. The van der Waals surface area contributed by atoms with E-state index in [4.69, 9.17) is 13.9 Å². The highest BCUT2D eigenvalue weighted by Gasteiger charge is 2.23. The van der Waals surface area contributed by atoms with E-state index in [0.29, 0.717) is 17.3 Å². The third kappa shape index (κ3) is 2.37. The highest BCUT2D eigenvalue weighted by molar-refractivity contribution is 7.89. The Kier molecular flexibility index (Phi) is 3.15. The van der Waals surface area contributed by atoms with Crippen molar-refractivity contribution in [1.82, 2.24) is 4.72 Å². The molecule has 0 saturated carbocycles. The number of rotatable bonds is 4. The first-order chi connectivity index (χ1) is 9.56. The van der Waals surface area contributed by atoms with Crippen LogP contribution in [0.25, 0.3) is 0 Å². The summed E-state index contributed by atoms with van der Waals surface area (Å²) in [7, 11) is -3.65. The molecule has 1 aromatic carbocycles. The first-order valence-electron chi connectivity index (χ1n) is 6.02. The number of furan rings is 1. The van der Waals surface area contributed by atoms with E-state index in [1.54, 1.807) is 25.1 Å². The second kappa shape index (κ2) is 4.84. The van der Waals surface area contributed by atoms with Crippen LogP contribution in [-0.4, -0.2) is 15.2 Å². The van der Waals surface area contributed by atoms with E-state index in [9.17, 15) is 8.42 Å². The van der Waals surface area contributed by atoms with Crippen molar-refractivity contribution in [3.8, 4) is 11.5 Å². The van der Waals surface area contributed by atoms with Crippen LogP contribution in [-0.2, 0) is 10.0 Å². The van der Waals surface area contributed by atoms with Crippen LogP contribution in [0.5, 0.6) is 11.5 Å². The van der Waals surface area contributed by atoms with Gasteiger partial charge in [0.1, 0.15) is 5.76 Å². The van der Waals surface area contributed by atoms with Gasteiger partial charge in [-0.1, -0.05) is 0 Å². The van der Waals surface area contributed by atoms with E-state index < -0.39 is 16.1 Å². The lowest BCUT2D eigenvalue weighted by molar-refractivity contribution is 0.174. The predicted octanol–water partition coefficient (Wildman–Crippen LogP) is 2.05. The molecule has 7 heteroatoms. The zero-order valence-electron chi connectivity index (χ0n) is 10.7. The summed E-state index contributed by atoms with van der Waals surface area (Å²) in [4.78, 5) is 0.125. The Labute approximate surface area is 116 Å². The van der Waals surface area contributed by atoms with Crippen molar-refractivity contribution in [1.29, 1.82) is 0 Å². The third-order valence-corrected chi connectivity index (χ3v) is 4.49. The summed E-state index contributed by atoms with van der Waals surface area (Å²) in [5.41, 5.74) is 0. The van der Waals surface area contributed by atoms with Gasteiger partial charge in [-0.2, -0.15) is 0 Å². The number of ether oxygens (including phenoxy) is 2. The average Bonchev–Trinajstić information content (AvgIpc) is 3.08. The molecule has 20 heavy (non-hydrogen) atoms. The second-order valence-electron chi connectivity index (χ2n) is 4.37. The van der Waals surface area contributed by atoms with Crippen molar-refractivity contribution < 1.29 is 22.3 Å². The molecule has 3 rings (SSSR count). The molecule has 6 nitrogen and oxygen atoms in total. The van der Waals surface area contributed by atoms with E-state index in [1.807, 2.05) is 0 Å². The summed E-state index contributed by atoms with van der Waals surface area (Å²) in [6, 6.07) is 7.46. The van der Waals surface area contributed by atoms with Crippen LogP contribution in [0.15, 0.2) is 45.9 Å². The van der Waals surface area contributed by atoms with Crippen molar-refractivity contribution >= 4 is 10.0 Å². The van der Waals surface area contributed by atoms with Crippen LogP contribution >= 0.6 is 0 Å². The van der Waals surface area contributed by atoms with Crippen LogP contribution in [0.2, 0.25) is 0 Å². The Morgan fingerprint density at radius 3 is 2.75 bits per heavy atom. The SMILES string of the molecule is CC(NS(=O)(=O)c1ccc2c(c1)OCO2)c1ccco1. The van der Waals surface area contributed by atoms with Crippen LogP contribution in [0, 0.1) is 0 Å². The molecule has 106 valence electrons. The Morgan fingerprint density at radius 1 is 1.20 bits per heavy atom. The van der Waals surface area contributed by atoms with Gasteiger partial charge in [0.25, 0.3) is 0 Å². The van der Waals surface area contributed by atoms with Crippen molar-refractivity contribution in [2.75, 3.05) is 6.79 Å². The summed E-state index contributed by atoms with van der Waals surface area (Å²) in [6.45, 7) is 1.82. The monoisotopic (exact) mass is 295 g/mol. The fraction of sp³-hybridized carbons (Fsp3) is 0.231. The third-order valence-electron chi connectivity index (χ3n) is 2.96. The maximum absolute atomic E-state index is 12.3. The second-order valence-corrected chi connectivity index (χ2v) is 6.09. The van der Waals surface area contributed by atoms with Crippen LogP contribution in [0.4, 0.5) is 0 Å². The number of nitrogens with one attached hydrogen (secondary N) is 1. The molecule has 2 aromatic rings. The van der Waals surface area contributed by atoms with Gasteiger partial charge in [-0.25, -0.2) is 13.1 Å². The molecule has 0 fully saturated rings. The van der Waals surface area contributed by atoms with Gasteiger partial charge in [-0.15, -0.1) is 0 Å². The molecule has 1 aromatic heterocycles. The molecular formula is C13H13NO5S. The summed E-state index contributed by atoms with van der Waals surface area (Å²) >= 11 is 0. The fourth-order valence-corrected chi connectivity index (χ4v) is 3.17. The first-order valence-corrected chi connectivity index (χ1v) is 7.50. The average molecular weight is 295 g/mol. The summed E-state index contributed by atoms with van der Waals surface area (Å²) in [5.74, 6) is 1.52. The highest BCUT2D eigenvalue weighted by Crippen LogP contribution is 2.34. The van der Waals surface area contributed by atoms with Crippen molar-refractivity contribution in [3.05, 3.63) is 42.4 Å². The molecule has 1 atom stereocenters. The molecule has 1 N–H and O–H groups in total. The highest BCUT2D eigenvalue weighted by atomic mass is 32.2. The van der Waals surface area contributed by atoms with Crippen LogP contribution in [0.3, 0.4) is 0 Å². The van der Waals surface area contributed by atoms with Crippen molar-refractivity contribution in [2.45, 2.75) is 17.9 Å². The molecule has 0 bridgehead atoms. The van der Waals surface area contributed by atoms with Gasteiger partial charge in [0.05, 0.1) is 17.2 Å². The maximum atomic E-state index is 12.3. The summed E-state index contributed by atoms with van der Waals surface area (Å²) < 4.78 is 42.6. The minimum absolute atomic E-state index is 0.106. The van der Waals surface area contributed by atoms with E-state index in [0.717, 1.165) is 0 Å². The van der Waals surface area contributed by atoms with Crippen molar-refractivity contribution in [3.63, 3.8) is 0 Å². The minimum atomic E-state index is -3.65. The molecule has 1 aliphatic heterocycles. The van der Waals surface area contributed by atoms with Gasteiger partial charge in [-0.05, 0) is 31.2 Å². The molecule has 0 spiro atoms. The normalized spacial score (nSPS) is 15.2. The minimum Gasteiger partial charge on any atom is -0.468 e. The largest absolute Gasteiger partial charge is 0.468 e. The number of hydrogen-bond acceptors (Lipinski definition) is 5. The lowest BCUT2D eigenvalue weighted by Gasteiger charge is -2.12. The molecule has 0 radical (unpaired) electrons. The van der Waals surface area contributed by atoms with E-state index in [1.165, 1.54) is 18.4 Å². The van der Waals surface area contributed by atoms with Gasteiger partial charge in [0, 0.05) is 6.07 Å². The smallest absolute Gasteiger partial charge is 0.241 e. The van der Waals surface area contributed by atoms with Gasteiger partial charge in [-0.3, -0.25) is 0 Å². The maximum Gasteiger partial charge on any atom is 0.241 e. The van der Waals surface area contributed by atoms with E-state index in [-0.39, 0.29) is 11.7 Å². The van der Waals surface area contributed by atoms with Crippen LogP contribution < -0.4 is 14.2 Å². The zero-order valence-corrected chi connectivity index (χ0v) is 11.5. The number of sulfonamides is 1. The Balaban J connectivity index is 1.85. The Morgan fingerprint density at radius 2 is 2.00 bits per heavy atom. The van der Waals surface area contributed by atoms with E-state index in [2.05, 4.69) is 4.72 Å². The fourth-order valence-electron chi connectivity index (χ4n) is 1.94. The summed E-state index contributed by atoms with van der Waals surface area (Å²) in [6.07, 6.45) is 1.50. The van der Waals surface area contributed by atoms with Gasteiger partial charge in [0.2, 0.25) is 16.8 Å². The molecule has 0 aliphatic carbocycles. The van der Waals surface area contributed by atoms with Gasteiger partial charge in [0.15, 0.2) is 11.5 Å². The molecule has 1 aliphatic rings. The lowest BCUT2D eigenvalue weighted by atomic mass is 10.3. The Hall–Kier alpha value is -1.99. The standard InChI is InChI=1S/C13H13NO5S/c1-9(11-3-2-6-17-11)14-20(15,16)10-4-5-12-13(7-10)19-8-18-12/h2-7,9,14H,8H2,1H3. The van der Waals surface area contributed by atoms with Crippen LogP contribution in [0.1, 0.15) is 18.7 Å². The van der Waals surface area contributed by atoms with Gasteiger partial charge < -0.3 is 13.9 Å². The number of hydrogen-bond donors (Lipinski definition) is 1. The quantitative estimate of drug-likeness (QED) is 0.934. The van der Waals surface area contributed by atoms with Gasteiger partial charge >= 0.3 is 0 Å². The molecule has 0 amide bonds. The Bertz CT molecular complexity index is 708. The molecule has 1 unspecified atom stereocenters. The molecule has 2 heterocycles. The first kappa shape index (κ1) is 13.0. The number of benzene rings is 1. The molecular weight excluding hydrogens is 282 g/mol. The zero-order chi connectivity index (χ0) is 14.2. The summed E-state index contributed by atoms with van der Waals surface area (Å²) in [5, 5.41) is 0. The van der Waals surface area contributed by atoms with Crippen molar-refractivity contribution in [2.24, 2.45) is 0 Å². The topological polar surface area (TPSA) is 77.8 Å². The predicted molar refractivity (Wildman–Crippen MR) is 70.0 cm³/mol.